The van der Waals surface area contributed by atoms with Gasteiger partial charge in [-0.25, -0.2) is 0 Å². The van der Waals surface area contributed by atoms with Gasteiger partial charge >= 0.3 is 0 Å². The van der Waals surface area contributed by atoms with Gasteiger partial charge in [0.1, 0.15) is 5.76 Å². The highest BCUT2D eigenvalue weighted by atomic mass is 32.2. The molecule has 1 aliphatic carbocycles. The number of hydrogen-bond acceptors (Lipinski definition) is 6. The lowest BCUT2D eigenvalue weighted by atomic mass is 9.95. The Balaban J connectivity index is 1.29. The largest absolute Gasteiger partial charge is 0.360 e. The highest BCUT2D eigenvalue weighted by molar-refractivity contribution is 7.87. The van der Waals surface area contributed by atoms with Crippen LogP contribution in [-0.4, -0.2) is 74.0 Å². The highest BCUT2D eigenvalue weighted by Gasteiger charge is 2.35. The predicted molar refractivity (Wildman–Crippen MR) is 108 cm³/mol. The first-order valence-corrected chi connectivity index (χ1v) is 12.0. The van der Waals surface area contributed by atoms with Gasteiger partial charge in [0.15, 0.2) is 5.69 Å². The maximum Gasteiger partial charge on any atom is 0.279 e. The van der Waals surface area contributed by atoms with Crippen LogP contribution >= 0.6 is 0 Å². The summed E-state index contributed by atoms with van der Waals surface area (Å²) >= 11 is 0. The van der Waals surface area contributed by atoms with Crippen molar-refractivity contribution in [1.29, 1.82) is 0 Å². The van der Waals surface area contributed by atoms with Gasteiger partial charge in [-0.2, -0.15) is 17.4 Å². The number of rotatable bonds is 6. The SMILES string of the molecule is C[C@H]1CN(S(=O)(=O)NC2CCN(C)CC2)CC[C@H]1NC(=O)c1cc(C2CC2)on1. The molecule has 2 aliphatic heterocycles. The Bertz CT molecular complexity index is 829. The summed E-state index contributed by atoms with van der Waals surface area (Å²) in [5.41, 5.74) is 0.304. The summed E-state index contributed by atoms with van der Waals surface area (Å²) < 4.78 is 35.2. The molecule has 0 bridgehead atoms. The van der Waals surface area contributed by atoms with Crippen molar-refractivity contribution in [3.63, 3.8) is 0 Å². The number of piperidine rings is 2. The topological polar surface area (TPSA) is 108 Å². The number of nitrogens with zero attached hydrogens (tertiary/aromatic N) is 3. The first-order chi connectivity index (χ1) is 13.8. The molecule has 1 amide bonds. The van der Waals surface area contributed by atoms with E-state index < -0.39 is 10.2 Å². The molecule has 1 saturated carbocycles. The number of nitrogens with one attached hydrogen (secondary N) is 2. The maximum absolute atomic E-state index is 12.8. The average molecular weight is 426 g/mol. The first-order valence-electron chi connectivity index (χ1n) is 10.6. The molecule has 9 nitrogen and oxygen atoms in total. The minimum absolute atomic E-state index is 0.00300. The summed E-state index contributed by atoms with van der Waals surface area (Å²) in [7, 11) is -1.46. The molecule has 0 radical (unpaired) electrons. The zero-order valence-electron chi connectivity index (χ0n) is 17.1. The zero-order chi connectivity index (χ0) is 20.6. The third-order valence-electron chi connectivity index (χ3n) is 6.30. The molecule has 0 unspecified atom stereocenters. The minimum atomic E-state index is -3.51. The minimum Gasteiger partial charge on any atom is -0.360 e. The lowest BCUT2D eigenvalue weighted by molar-refractivity contribution is 0.0891. The van der Waals surface area contributed by atoms with Crippen LogP contribution in [0.5, 0.6) is 0 Å². The first kappa shape index (κ1) is 20.8. The molecule has 0 aromatic carbocycles. The van der Waals surface area contributed by atoms with Crippen molar-refractivity contribution in [2.45, 2.75) is 57.0 Å². The second-order valence-electron chi connectivity index (χ2n) is 8.79. The fourth-order valence-electron chi connectivity index (χ4n) is 4.15. The smallest absolute Gasteiger partial charge is 0.279 e. The predicted octanol–water partition coefficient (Wildman–Crippen LogP) is 0.921. The Morgan fingerprint density at radius 2 is 1.90 bits per heavy atom. The molecular weight excluding hydrogens is 394 g/mol. The Morgan fingerprint density at radius 1 is 1.17 bits per heavy atom. The molecule has 2 atom stereocenters. The van der Waals surface area contributed by atoms with Gasteiger partial charge in [0.2, 0.25) is 0 Å². The Morgan fingerprint density at radius 3 is 2.55 bits per heavy atom. The maximum atomic E-state index is 12.8. The standard InChI is InChI=1S/C19H31N5O4S/c1-13-12-24(29(26,27)22-15-5-8-23(2)9-6-15)10-7-16(13)20-19(25)17-11-18(28-21-17)14-3-4-14/h11,13-16,22H,3-10,12H2,1-2H3,(H,20,25)/t13-,16+/m0/s1. The Kier molecular flexibility index (Phi) is 5.97. The summed E-state index contributed by atoms with van der Waals surface area (Å²) in [4.78, 5) is 14.7. The second kappa shape index (κ2) is 8.33. The fraction of sp³-hybridized carbons (Fsp3) is 0.789. The van der Waals surface area contributed by atoms with E-state index in [1.807, 2.05) is 6.92 Å². The van der Waals surface area contributed by atoms with Gasteiger partial charge in [-0.3, -0.25) is 4.79 Å². The molecule has 1 aromatic rings. The van der Waals surface area contributed by atoms with Crippen LogP contribution in [0.1, 0.15) is 61.2 Å². The number of amides is 1. The van der Waals surface area contributed by atoms with E-state index in [2.05, 4.69) is 27.1 Å². The van der Waals surface area contributed by atoms with Crippen LogP contribution in [0.3, 0.4) is 0 Å². The molecule has 1 aromatic heterocycles. The summed E-state index contributed by atoms with van der Waals surface area (Å²) in [5.74, 6) is 0.951. The lowest BCUT2D eigenvalue weighted by Gasteiger charge is -2.37. The second-order valence-corrected chi connectivity index (χ2v) is 10.5. The van der Waals surface area contributed by atoms with Crippen molar-refractivity contribution < 1.29 is 17.7 Å². The molecule has 10 heteroatoms. The van der Waals surface area contributed by atoms with Gasteiger partial charge in [0, 0.05) is 37.2 Å². The number of aromatic nitrogens is 1. The Hall–Kier alpha value is -1.49. The van der Waals surface area contributed by atoms with Crippen molar-refractivity contribution in [2.24, 2.45) is 5.92 Å². The van der Waals surface area contributed by atoms with Crippen molar-refractivity contribution in [3.05, 3.63) is 17.5 Å². The molecule has 2 saturated heterocycles. The van der Waals surface area contributed by atoms with Crippen LogP contribution in [-0.2, 0) is 10.2 Å². The number of hydrogen-bond donors (Lipinski definition) is 2. The van der Waals surface area contributed by atoms with E-state index in [0.29, 0.717) is 31.1 Å². The van der Waals surface area contributed by atoms with Crippen molar-refractivity contribution in [3.8, 4) is 0 Å². The number of carbonyl (C=O) groups is 1. The van der Waals surface area contributed by atoms with E-state index in [1.165, 1.54) is 4.31 Å². The molecule has 3 fully saturated rings. The normalized spacial score (nSPS) is 27.8. The van der Waals surface area contributed by atoms with Gasteiger partial charge in [-0.15, -0.1) is 0 Å². The van der Waals surface area contributed by atoms with E-state index in [4.69, 9.17) is 4.52 Å². The van der Waals surface area contributed by atoms with Crippen molar-refractivity contribution in [1.82, 2.24) is 24.4 Å². The molecule has 3 aliphatic rings. The van der Waals surface area contributed by atoms with E-state index in [1.54, 1.807) is 6.07 Å². The van der Waals surface area contributed by atoms with E-state index >= 15 is 0 Å². The number of likely N-dealkylation sites (tertiary alicyclic amines) is 1. The number of carbonyl (C=O) groups excluding carboxylic acids is 1. The zero-order valence-corrected chi connectivity index (χ0v) is 18.0. The summed E-state index contributed by atoms with van der Waals surface area (Å²) in [5, 5.41) is 6.89. The van der Waals surface area contributed by atoms with Gasteiger partial charge in [0.05, 0.1) is 0 Å². The average Bonchev–Trinajstić information content (AvgIpc) is 3.41. The highest BCUT2D eigenvalue weighted by Crippen LogP contribution is 2.40. The third kappa shape index (κ3) is 4.99. The lowest BCUT2D eigenvalue weighted by Crippen LogP contribution is -2.55. The van der Waals surface area contributed by atoms with Crippen LogP contribution < -0.4 is 10.0 Å². The van der Waals surface area contributed by atoms with Crippen molar-refractivity contribution in [2.75, 3.05) is 33.2 Å². The van der Waals surface area contributed by atoms with Gasteiger partial charge in [-0.05, 0) is 58.2 Å². The van der Waals surface area contributed by atoms with E-state index in [-0.39, 0.29) is 23.9 Å². The summed E-state index contributed by atoms with van der Waals surface area (Å²) in [6.45, 7) is 4.56. The van der Waals surface area contributed by atoms with Crippen LogP contribution in [0.15, 0.2) is 10.6 Å². The van der Waals surface area contributed by atoms with Crippen LogP contribution in [0.4, 0.5) is 0 Å². The third-order valence-corrected chi connectivity index (χ3v) is 7.94. The quantitative estimate of drug-likeness (QED) is 0.702. The van der Waals surface area contributed by atoms with Crippen LogP contribution in [0, 0.1) is 5.92 Å². The molecule has 2 N–H and O–H groups in total. The van der Waals surface area contributed by atoms with Gasteiger partial charge in [-0.1, -0.05) is 12.1 Å². The Labute approximate surface area is 172 Å². The fourth-order valence-corrected chi connectivity index (χ4v) is 5.73. The molecular formula is C19H31N5O4S. The van der Waals surface area contributed by atoms with E-state index in [9.17, 15) is 13.2 Å². The molecule has 4 rings (SSSR count). The van der Waals surface area contributed by atoms with Crippen molar-refractivity contribution >= 4 is 16.1 Å². The van der Waals surface area contributed by atoms with Gasteiger partial charge < -0.3 is 14.7 Å². The molecule has 3 heterocycles. The monoisotopic (exact) mass is 425 g/mol. The van der Waals surface area contributed by atoms with Crippen LogP contribution in [0.25, 0.3) is 0 Å². The summed E-state index contributed by atoms with van der Waals surface area (Å²) in [6.07, 6.45) is 4.42. The molecule has 0 spiro atoms. The van der Waals surface area contributed by atoms with E-state index in [0.717, 1.165) is 44.5 Å². The van der Waals surface area contributed by atoms with Gasteiger partial charge in [0.25, 0.3) is 16.1 Å². The van der Waals surface area contributed by atoms with Crippen LogP contribution in [0.2, 0.25) is 0 Å². The summed E-state index contributed by atoms with van der Waals surface area (Å²) in [6, 6.07) is 1.64. The molecule has 162 valence electrons. The molecule has 29 heavy (non-hydrogen) atoms.